The highest BCUT2D eigenvalue weighted by Crippen LogP contribution is 2.33. The Kier molecular flexibility index (Phi) is 5.01. The number of aromatic amines is 2. The first-order chi connectivity index (χ1) is 10.1. The van der Waals surface area contributed by atoms with Gasteiger partial charge in [-0.1, -0.05) is 23.5 Å². The van der Waals surface area contributed by atoms with Gasteiger partial charge in [0.15, 0.2) is 11.8 Å². The predicted molar refractivity (Wildman–Crippen MR) is 79.3 cm³/mol. The van der Waals surface area contributed by atoms with E-state index in [0.29, 0.717) is 9.79 Å². The van der Waals surface area contributed by atoms with Crippen LogP contribution in [0.1, 0.15) is 0 Å². The summed E-state index contributed by atoms with van der Waals surface area (Å²) in [6.07, 6.45) is 2.78. The second-order valence-corrected chi connectivity index (χ2v) is 5.55. The van der Waals surface area contributed by atoms with Crippen LogP contribution in [-0.2, 0) is 4.74 Å². The Morgan fingerprint density at radius 1 is 0.810 bits per heavy atom. The number of rotatable bonds is 6. The van der Waals surface area contributed by atoms with Crippen molar-refractivity contribution in [2.24, 2.45) is 0 Å². The third-order valence-electron chi connectivity index (χ3n) is 2.15. The quantitative estimate of drug-likeness (QED) is 0.356. The minimum atomic E-state index is -0.116. The smallest absolute Gasteiger partial charge is 0.205 e. The molecule has 0 atom stereocenters. The van der Waals surface area contributed by atoms with E-state index < -0.39 is 0 Å². The van der Waals surface area contributed by atoms with Crippen molar-refractivity contribution < 1.29 is 25.2 Å². The standard InChI is InChI=1S/C12H12N2O5S2/c15-9-5-7(11(17)13-9)20-3-1-19-2-4-21-8-6-10(16)14-12(8)18/h1-6,13-18H. The Morgan fingerprint density at radius 2 is 1.24 bits per heavy atom. The molecule has 0 amide bonds. The number of aromatic nitrogens is 2. The van der Waals surface area contributed by atoms with Crippen molar-refractivity contribution in [2.75, 3.05) is 0 Å². The molecule has 2 aromatic rings. The Balaban J connectivity index is 1.74. The number of hydrogen-bond donors (Lipinski definition) is 6. The fraction of sp³-hybridized carbons (Fsp3) is 0. The normalized spacial score (nSPS) is 11.6. The molecule has 0 unspecified atom stereocenters. The van der Waals surface area contributed by atoms with Crippen LogP contribution in [0, 0.1) is 0 Å². The molecule has 0 radical (unpaired) electrons. The first kappa shape index (κ1) is 15.1. The Labute approximate surface area is 128 Å². The average Bonchev–Trinajstić information content (AvgIpc) is 2.90. The Morgan fingerprint density at radius 3 is 1.57 bits per heavy atom. The van der Waals surface area contributed by atoms with Crippen LogP contribution in [0.4, 0.5) is 0 Å². The fourth-order valence-electron chi connectivity index (χ4n) is 1.31. The molecule has 6 N–H and O–H groups in total. The largest absolute Gasteiger partial charge is 0.494 e. The van der Waals surface area contributed by atoms with Crippen LogP contribution < -0.4 is 0 Å². The van der Waals surface area contributed by atoms with Crippen molar-refractivity contribution in [3.05, 3.63) is 35.5 Å². The minimum Gasteiger partial charge on any atom is -0.494 e. The number of H-pyrrole nitrogens is 2. The predicted octanol–water partition coefficient (Wildman–Crippen LogP) is 3.01. The molecule has 0 aliphatic rings. The molecular weight excluding hydrogens is 316 g/mol. The summed E-state index contributed by atoms with van der Waals surface area (Å²) in [7, 11) is 0. The lowest BCUT2D eigenvalue weighted by atomic mass is 10.6. The van der Waals surface area contributed by atoms with Crippen LogP contribution in [0.15, 0.2) is 45.3 Å². The van der Waals surface area contributed by atoms with Gasteiger partial charge in [0.25, 0.3) is 0 Å². The molecule has 112 valence electrons. The third-order valence-corrected chi connectivity index (χ3v) is 3.78. The summed E-state index contributed by atoms with van der Waals surface area (Å²) < 4.78 is 5.06. The van der Waals surface area contributed by atoms with Crippen LogP contribution in [0.5, 0.6) is 23.5 Å². The number of hydrogen-bond acceptors (Lipinski definition) is 7. The van der Waals surface area contributed by atoms with Crippen LogP contribution in [-0.4, -0.2) is 30.4 Å². The molecule has 21 heavy (non-hydrogen) atoms. The summed E-state index contributed by atoms with van der Waals surface area (Å²) in [4.78, 5) is 5.63. The van der Waals surface area contributed by atoms with Crippen molar-refractivity contribution in [1.29, 1.82) is 0 Å². The first-order valence-electron chi connectivity index (χ1n) is 5.57. The molecule has 2 rings (SSSR count). The molecule has 0 saturated carbocycles. The van der Waals surface area contributed by atoms with E-state index in [-0.39, 0.29) is 23.5 Å². The number of nitrogens with one attached hydrogen (secondary N) is 2. The highest BCUT2D eigenvalue weighted by atomic mass is 32.2. The van der Waals surface area contributed by atoms with Crippen molar-refractivity contribution in [3.63, 3.8) is 0 Å². The van der Waals surface area contributed by atoms with E-state index in [1.54, 1.807) is 10.8 Å². The molecule has 0 aliphatic carbocycles. The Hall–Kier alpha value is -2.26. The SMILES string of the molecule is Oc1cc(SC=COC=CSc2cc(O)[nH]c2O)c(O)[nH]1. The zero-order chi connectivity index (χ0) is 15.2. The van der Waals surface area contributed by atoms with Gasteiger partial charge in [-0.05, 0) is 0 Å². The molecule has 0 aliphatic heterocycles. The minimum absolute atomic E-state index is 0.115. The lowest BCUT2D eigenvalue weighted by Crippen LogP contribution is -1.66. The maximum absolute atomic E-state index is 9.35. The number of thioether (sulfide) groups is 2. The van der Waals surface area contributed by atoms with E-state index in [1.165, 1.54) is 24.7 Å². The van der Waals surface area contributed by atoms with Crippen molar-refractivity contribution >= 4 is 23.5 Å². The second-order valence-electron chi connectivity index (χ2n) is 3.65. The maximum Gasteiger partial charge on any atom is 0.205 e. The second kappa shape index (κ2) is 6.95. The molecule has 0 spiro atoms. The van der Waals surface area contributed by atoms with Crippen LogP contribution in [0.2, 0.25) is 0 Å². The number of aromatic hydroxyl groups is 4. The van der Waals surface area contributed by atoms with Crippen LogP contribution in [0.25, 0.3) is 0 Å². The van der Waals surface area contributed by atoms with Gasteiger partial charge in [-0.15, -0.1) is 0 Å². The lowest BCUT2D eigenvalue weighted by Gasteiger charge is -1.93. The average molecular weight is 328 g/mol. The van der Waals surface area contributed by atoms with E-state index in [1.807, 2.05) is 0 Å². The van der Waals surface area contributed by atoms with Gasteiger partial charge in [-0.3, -0.25) is 9.97 Å². The molecular formula is C12H12N2O5S2. The van der Waals surface area contributed by atoms with Crippen molar-refractivity contribution in [3.8, 4) is 23.5 Å². The van der Waals surface area contributed by atoms with Gasteiger partial charge in [-0.2, -0.15) is 0 Å². The van der Waals surface area contributed by atoms with Gasteiger partial charge in [0.05, 0.1) is 22.3 Å². The van der Waals surface area contributed by atoms with E-state index in [0.717, 1.165) is 23.5 Å². The summed E-state index contributed by atoms with van der Waals surface area (Å²) in [5.41, 5.74) is 0. The van der Waals surface area contributed by atoms with Gasteiger partial charge in [0, 0.05) is 22.9 Å². The summed E-state index contributed by atoms with van der Waals surface area (Å²) in [6, 6.07) is 2.77. The van der Waals surface area contributed by atoms with Crippen molar-refractivity contribution in [2.45, 2.75) is 9.79 Å². The van der Waals surface area contributed by atoms with Gasteiger partial charge < -0.3 is 25.2 Å². The summed E-state index contributed by atoms with van der Waals surface area (Å²) in [6.45, 7) is 0. The Bertz CT molecular complexity index is 606. The zero-order valence-electron chi connectivity index (χ0n) is 10.5. The third kappa shape index (κ3) is 4.36. The molecule has 7 nitrogen and oxygen atoms in total. The fourth-order valence-corrected chi connectivity index (χ4v) is 2.53. The molecule has 0 bridgehead atoms. The molecule has 9 heteroatoms. The maximum atomic E-state index is 9.35. The van der Waals surface area contributed by atoms with Crippen LogP contribution in [0.3, 0.4) is 0 Å². The monoisotopic (exact) mass is 328 g/mol. The highest BCUT2D eigenvalue weighted by Gasteiger charge is 2.05. The molecule has 0 saturated heterocycles. The van der Waals surface area contributed by atoms with Crippen molar-refractivity contribution in [1.82, 2.24) is 9.97 Å². The van der Waals surface area contributed by atoms with Gasteiger partial charge in [0.2, 0.25) is 11.8 Å². The molecule has 0 aromatic carbocycles. The van der Waals surface area contributed by atoms with Gasteiger partial charge in [-0.25, -0.2) is 0 Å². The van der Waals surface area contributed by atoms with E-state index in [2.05, 4.69) is 9.97 Å². The zero-order valence-corrected chi connectivity index (χ0v) is 12.1. The van der Waals surface area contributed by atoms with E-state index in [4.69, 9.17) is 14.9 Å². The molecule has 0 fully saturated rings. The molecule has 2 aromatic heterocycles. The summed E-state index contributed by atoms with van der Waals surface area (Å²) >= 11 is 2.33. The topological polar surface area (TPSA) is 122 Å². The van der Waals surface area contributed by atoms with Crippen LogP contribution >= 0.6 is 23.5 Å². The highest BCUT2D eigenvalue weighted by molar-refractivity contribution is 8.02. The van der Waals surface area contributed by atoms with E-state index >= 15 is 0 Å². The molecule has 2 heterocycles. The van der Waals surface area contributed by atoms with Gasteiger partial charge in [0.1, 0.15) is 0 Å². The summed E-state index contributed by atoms with van der Waals surface area (Å²) in [5, 5.41) is 40.1. The van der Waals surface area contributed by atoms with Gasteiger partial charge >= 0.3 is 0 Å². The lowest BCUT2D eigenvalue weighted by molar-refractivity contribution is 0.405. The number of ether oxygens (including phenoxy) is 1. The first-order valence-corrected chi connectivity index (χ1v) is 7.33. The summed E-state index contributed by atoms with van der Waals surface area (Å²) in [5.74, 6) is -0.461. The van der Waals surface area contributed by atoms with E-state index in [9.17, 15) is 10.2 Å².